The van der Waals surface area contributed by atoms with E-state index in [1.165, 1.54) is 0 Å². The normalized spacial score (nSPS) is 12.6. The van der Waals surface area contributed by atoms with Gasteiger partial charge in [0.05, 0.1) is 0 Å². The topological polar surface area (TPSA) is 54.4 Å². The van der Waals surface area contributed by atoms with Crippen molar-refractivity contribution >= 4 is 11.6 Å². The van der Waals surface area contributed by atoms with Crippen LogP contribution in [0.1, 0.15) is 66.7 Å². The zero-order chi connectivity index (χ0) is 14.4. The highest BCUT2D eigenvalue weighted by molar-refractivity contribution is 5.81. The van der Waals surface area contributed by atoms with E-state index in [2.05, 4.69) is 0 Å². The Bertz CT molecular complexity index is 290. The molecule has 0 atom stereocenters. The number of carbonyl (C=O) groups excluding carboxylic acids is 2. The maximum absolute atomic E-state index is 11.7. The molecule has 0 saturated heterocycles. The van der Waals surface area contributed by atoms with Gasteiger partial charge in [0.1, 0.15) is 11.6 Å². The maximum Gasteiger partial charge on any atom is 0.135 e. The first-order valence-corrected chi connectivity index (χ1v) is 6.74. The molecule has 0 aliphatic carbocycles. The molecule has 0 aromatic carbocycles. The van der Waals surface area contributed by atoms with Crippen LogP contribution in [0.4, 0.5) is 0 Å². The molecule has 0 spiro atoms. The lowest BCUT2D eigenvalue weighted by Crippen LogP contribution is -2.22. The summed E-state index contributed by atoms with van der Waals surface area (Å²) in [7, 11) is 0. The molecule has 0 amide bonds. The molecular formula is C15H28O3. The molecule has 0 heterocycles. The highest BCUT2D eigenvalue weighted by Crippen LogP contribution is 2.25. The van der Waals surface area contributed by atoms with Crippen LogP contribution in [-0.4, -0.2) is 23.3 Å². The van der Waals surface area contributed by atoms with Crippen LogP contribution in [0.5, 0.6) is 0 Å². The standard InChI is InChI=1S/C15H28O3/c1-12(17)15(4,5)9-7-6-8-13(18)10-14(2,3)11-16/h16H,6-11H2,1-5H3. The smallest absolute Gasteiger partial charge is 0.135 e. The Labute approximate surface area is 111 Å². The van der Waals surface area contributed by atoms with Crippen molar-refractivity contribution in [2.75, 3.05) is 6.61 Å². The lowest BCUT2D eigenvalue weighted by molar-refractivity contribution is -0.125. The van der Waals surface area contributed by atoms with Crippen LogP contribution in [0.15, 0.2) is 0 Å². The van der Waals surface area contributed by atoms with Gasteiger partial charge in [0.25, 0.3) is 0 Å². The molecule has 0 saturated carbocycles. The summed E-state index contributed by atoms with van der Waals surface area (Å²) < 4.78 is 0. The number of carbonyl (C=O) groups is 2. The molecule has 0 aromatic heterocycles. The molecule has 18 heavy (non-hydrogen) atoms. The van der Waals surface area contributed by atoms with Crippen molar-refractivity contribution < 1.29 is 14.7 Å². The Kier molecular flexibility index (Phi) is 6.76. The van der Waals surface area contributed by atoms with Crippen LogP contribution in [0.3, 0.4) is 0 Å². The van der Waals surface area contributed by atoms with Crippen molar-refractivity contribution in [2.24, 2.45) is 10.8 Å². The third-order valence-electron chi connectivity index (χ3n) is 3.56. The average Bonchev–Trinajstić information content (AvgIpc) is 2.23. The first-order chi connectivity index (χ1) is 8.10. The summed E-state index contributed by atoms with van der Waals surface area (Å²) in [6, 6.07) is 0. The summed E-state index contributed by atoms with van der Waals surface area (Å²) in [6.07, 6.45) is 3.55. The quantitative estimate of drug-likeness (QED) is 0.645. The molecule has 106 valence electrons. The third-order valence-corrected chi connectivity index (χ3v) is 3.56. The van der Waals surface area contributed by atoms with Gasteiger partial charge >= 0.3 is 0 Å². The lowest BCUT2D eigenvalue weighted by atomic mass is 9.82. The second kappa shape index (κ2) is 7.03. The first kappa shape index (κ1) is 17.3. The summed E-state index contributed by atoms with van der Waals surface area (Å²) in [4.78, 5) is 23.0. The highest BCUT2D eigenvalue weighted by atomic mass is 16.3. The minimum atomic E-state index is -0.310. The van der Waals surface area contributed by atoms with Crippen LogP contribution in [-0.2, 0) is 9.59 Å². The predicted molar refractivity (Wildman–Crippen MR) is 73.4 cm³/mol. The van der Waals surface area contributed by atoms with E-state index in [-0.39, 0.29) is 29.0 Å². The van der Waals surface area contributed by atoms with E-state index in [1.807, 2.05) is 27.7 Å². The number of hydrogen-bond donors (Lipinski definition) is 1. The van der Waals surface area contributed by atoms with Crippen molar-refractivity contribution in [3.05, 3.63) is 0 Å². The largest absolute Gasteiger partial charge is 0.396 e. The average molecular weight is 256 g/mol. The van der Waals surface area contributed by atoms with E-state index in [9.17, 15) is 9.59 Å². The number of aliphatic hydroxyl groups is 1. The van der Waals surface area contributed by atoms with Gasteiger partial charge in [0.2, 0.25) is 0 Å². The molecule has 0 fully saturated rings. The van der Waals surface area contributed by atoms with Gasteiger partial charge in [-0.1, -0.05) is 34.1 Å². The number of aliphatic hydroxyl groups excluding tert-OH is 1. The first-order valence-electron chi connectivity index (χ1n) is 6.74. The minimum Gasteiger partial charge on any atom is -0.396 e. The molecule has 3 heteroatoms. The zero-order valence-electron chi connectivity index (χ0n) is 12.5. The van der Waals surface area contributed by atoms with Crippen LogP contribution < -0.4 is 0 Å². The summed E-state index contributed by atoms with van der Waals surface area (Å²) in [5.74, 6) is 0.407. The molecule has 0 aliphatic rings. The van der Waals surface area contributed by atoms with Gasteiger partial charge in [-0.05, 0) is 25.2 Å². The van der Waals surface area contributed by atoms with Crippen molar-refractivity contribution in [3.8, 4) is 0 Å². The number of hydrogen-bond acceptors (Lipinski definition) is 3. The predicted octanol–water partition coefficient (Wildman–Crippen LogP) is 3.14. The number of unbranched alkanes of at least 4 members (excludes halogenated alkanes) is 1. The Balaban J connectivity index is 3.87. The van der Waals surface area contributed by atoms with Crippen molar-refractivity contribution in [2.45, 2.75) is 66.7 Å². The van der Waals surface area contributed by atoms with Gasteiger partial charge in [-0.15, -0.1) is 0 Å². The summed E-state index contributed by atoms with van der Waals surface area (Å²) in [5, 5.41) is 9.09. The molecule has 0 aromatic rings. The molecule has 0 unspecified atom stereocenters. The highest BCUT2D eigenvalue weighted by Gasteiger charge is 2.23. The molecule has 0 rings (SSSR count). The van der Waals surface area contributed by atoms with Crippen molar-refractivity contribution in [1.29, 1.82) is 0 Å². The fourth-order valence-corrected chi connectivity index (χ4v) is 1.74. The van der Waals surface area contributed by atoms with E-state index in [1.54, 1.807) is 6.92 Å². The van der Waals surface area contributed by atoms with Gasteiger partial charge in [-0.3, -0.25) is 9.59 Å². The van der Waals surface area contributed by atoms with Gasteiger partial charge in [-0.25, -0.2) is 0 Å². The van der Waals surface area contributed by atoms with E-state index in [0.717, 1.165) is 19.3 Å². The summed E-state index contributed by atoms with van der Waals surface area (Å²) in [5.41, 5.74) is -0.580. The molecule has 1 N–H and O–H groups in total. The molecule has 3 nitrogen and oxygen atoms in total. The van der Waals surface area contributed by atoms with Gasteiger partial charge in [0, 0.05) is 24.9 Å². The fourth-order valence-electron chi connectivity index (χ4n) is 1.74. The molecule has 0 radical (unpaired) electrons. The minimum absolute atomic E-state index is 0.0378. The second-order valence-electron chi connectivity index (χ2n) is 6.68. The summed E-state index contributed by atoms with van der Waals surface area (Å²) in [6.45, 7) is 9.34. The molecule has 0 aliphatic heterocycles. The monoisotopic (exact) mass is 256 g/mol. The van der Waals surface area contributed by atoms with Crippen molar-refractivity contribution in [3.63, 3.8) is 0 Å². The molecule has 0 bridgehead atoms. The van der Waals surface area contributed by atoms with Gasteiger partial charge in [-0.2, -0.15) is 0 Å². The second-order valence-corrected chi connectivity index (χ2v) is 6.68. The van der Waals surface area contributed by atoms with E-state index < -0.39 is 0 Å². The number of ketones is 2. The Morgan fingerprint density at radius 3 is 2.06 bits per heavy atom. The number of Topliss-reactive ketones (excluding diaryl/α,β-unsaturated/α-hetero) is 2. The van der Waals surface area contributed by atoms with Crippen LogP contribution in [0, 0.1) is 10.8 Å². The van der Waals surface area contributed by atoms with Crippen LogP contribution >= 0.6 is 0 Å². The van der Waals surface area contributed by atoms with Crippen molar-refractivity contribution in [1.82, 2.24) is 0 Å². The fraction of sp³-hybridized carbons (Fsp3) is 0.867. The van der Waals surface area contributed by atoms with E-state index in [0.29, 0.717) is 12.8 Å². The van der Waals surface area contributed by atoms with E-state index >= 15 is 0 Å². The summed E-state index contributed by atoms with van der Waals surface area (Å²) >= 11 is 0. The Hall–Kier alpha value is -0.700. The molecular weight excluding hydrogens is 228 g/mol. The van der Waals surface area contributed by atoms with E-state index in [4.69, 9.17) is 5.11 Å². The maximum atomic E-state index is 11.7. The SMILES string of the molecule is CC(=O)C(C)(C)CCCCC(=O)CC(C)(C)CO. The number of rotatable bonds is 9. The van der Waals surface area contributed by atoms with Gasteiger partial charge in [0.15, 0.2) is 0 Å². The van der Waals surface area contributed by atoms with Crippen LogP contribution in [0.2, 0.25) is 0 Å². The third kappa shape index (κ3) is 6.90. The van der Waals surface area contributed by atoms with Gasteiger partial charge < -0.3 is 5.11 Å². The lowest BCUT2D eigenvalue weighted by Gasteiger charge is -2.21. The Morgan fingerprint density at radius 1 is 1.06 bits per heavy atom. The van der Waals surface area contributed by atoms with Crippen LogP contribution in [0.25, 0.3) is 0 Å². The zero-order valence-corrected chi connectivity index (χ0v) is 12.5. The Morgan fingerprint density at radius 2 is 1.61 bits per heavy atom.